The molecule has 0 saturated carbocycles. The molecule has 1 N–H and O–H groups in total. The van der Waals surface area contributed by atoms with Crippen molar-refractivity contribution in [1.29, 1.82) is 0 Å². The van der Waals surface area contributed by atoms with E-state index in [1.54, 1.807) is 31.4 Å². The minimum absolute atomic E-state index is 0.0847. The quantitative estimate of drug-likeness (QED) is 0.718. The summed E-state index contributed by atoms with van der Waals surface area (Å²) in [6.45, 7) is 1.54. The molecule has 0 unspecified atom stereocenters. The lowest BCUT2D eigenvalue weighted by Gasteiger charge is -2.31. The minimum Gasteiger partial charge on any atom is -0.497 e. The van der Waals surface area contributed by atoms with Crippen LogP contribution < -0.4 is 4.74 Å². The van der Waals surface area contributed by atoms with Crippen molar-refractivity contribution in [2.24, 2.45) is 0 Å². The number of H-pyrrole nitrogens is 1. The summed E-state index contributed by atoms with van der Waals surface area (Å²) >= 11 is 5.91. The molecule has 1 aliphatic heterocycles. The van der Waals surface area contributed by atoms with Crippen LogP contribution in [0.1, 0.15) is 34.8 Å². The Bertz CT molecular complexity index is 925. The molecular weight excluding hydrogens is 348 g/mol. The molecule has 0 bridgehead atoms. The lowest BCUT2D eigenvalue weighted by molar-refractivity contribution is 0.0712. The van der Waals surface area contributed by atoms with Gasteiger partial charge in [0, 0.05) is 46.2 Å². The van der Waals surface area contributed by atoms with E-state index in [-0.39, 0.29) is 5.91 Å². The summed E-state index contributed by atoms with van der Waals surface area (Å²) in [6.07, 6.45) is 1.92. The van der Waals surface area contributed by atoms with E-state index in [2.05, 4.69) is 23.2 Å². The molecule has 0 radical (unpaired) electrons. The van der Waals surface area contributed by atoms with E-state index in [0.717, 1.165) is 37.2 Å². The first-order valence-corrected chi connectivity index (χ1v) is 9.23. The van der Waals surface area contributed by atoms with Gasteiger partial charge in [0.1, 0.15) is 5.75 Å². The van der Waals surface area contributed by atoms with Crippen LogP contribution in [0.4, 0.5) is 0 Å². The number of aromatic amines is 1. The van der Waals surface area contributed by atoms with Gasteiger partial charge in [-0.25, -0.2) is 0 Å². The Labute approximate surface area is 157 Å². The highest BCUT2D eigenvalue weighted by atomic mass is 35.5. The number of methoxy groups -OCH3 is 1. The number of piperidine rings is 1. The highest BCUT2D eigenvalue weighted by molar-refractivity contribution is 6.30. The third-order valence-corrected chi connectivity index (χ3v) is 5.41. The number of carbonyl (C=O) groups is 1. The van der Waals surface area contributed by atoms with Gasteiger partial charge in [-0.05, 0) is 61.4 Å². The summed E-state index contributed by atoms with van der Waals surface area (Å²) in [4.78, 5) is 18.1. The second kappa shape index (κ2) is 7.04. The molecule has 4 rings (SSSR count). The molecule has 1 amide bonds. The Morgan fingerprint density at radius 2 is 1.85 bits per heavy atom. The maximum atomic E-state index is 12.6. The van der Waals surface area contributed by atoms with Crippen molar-refractivity contribution >= 4 is 28.4 Å². The average Bonchev–Trinajstić information content (AvgIpc) is 3.11. The number of fused-ring (bicyclic) bond motifs is 1. The first-order chi connectivity index (χ1) is 12.6. The van der Waals surface area contributed by atoms with Gasteiger partial charge in [-0.1, -0.05) is 11.6 Å². The van der Waals surface area contributed by atoms with Crippen molar-refractivity contribution in [3.8, 4) is 5.75 Å². The van der Waals surface area contributed by atoms with E-state index >= 15 is 0 Å². The van der Waals surface area contributed by atoms with Crippen molar-refractivity contribution in [2.45, 2.75) is 18.8 Å². The van der Waals surface area contributed by atoms with Crippen LogP contribution in [-0.4, -0.2) is 36.0 Å². The lowest BCUT2D eigenvalue weighted by atomic mass is 9.93. The monoisotopic (exact) mass is 368 g/mol. The Morgan fingerprint density at radius 1 is 1.12 bits per heavy atom. The Morgan fingerprint density at radius 3 is 2.54 bits per heavy atom. The lowest BCUT2D eigenvalue weighted by Crippen LogP contribution is -2.37. The number of benzene rings is 2. The van der Waals surface area contributed by atoms with Crippen LogP contribution in [0.25, 0.3) is 10.9 Å². The Kier molecular flexibility index (Phi) is 4.60. The number of nitrogens with zero attached hydrogens (tertiary/aromatic N) is 1. The van der Waals surface area contributed by atoms with E-state index in [1.165, 1.54) is 11.1 Å². The fraction of sp³-hybridized carbons (Fsp3) is 0.286. The first-order valence-electron chi connectivity index (χ1n) is 8.85. The summed E-state index contributed by atoms with van der Waals surface area (Å²) in [5, 5.41) is 1.81. The number of likely N-dealkylation sites (tertiary alicyclic amines) is 1. The molecule has 1 saturated heterocycles. The molecule has 1 fully saturated rings. The van der Waals surface area contributed by atoms with Crippen molar-refractivity contribution in [1.82, 2.24) is 9.88 Å². The number of halogens is 1. The van der Waals surface area contributed by atoms with Gasteiger partial charge < -0.3 is 14.6 Å². The standard InChI is InChI=1S/C21H21ClN2O2/c1-26-18-6-7-19-16(12-18)13-20(23-19)14-8-10-24(11-9-14)21(25)15-2-4-17(22)5-3-15/h2-7,12-14,23H,8-11H2,1H3. The fourth-order valence-electron chi connectivity index (χ4n) is 3.65. The highest BCUT2D eigenvalue weighted by Crippen LogP contribution is 2.31. The van der Waals surface area contributed by atoms with Crippen molar-refractivity contribution in [3.63, 3.8) is 0 Å². The highest BCUT2D eigenvalue weighted by Gasteiger charge is 2.25. The molecule has 1 aromatic heterocycles. The van der Waals surface area contributed by atoms with E-state index < -0.39 is 0 Å². The second-order valence-electron chi connectivity index (χ2n) is 6.75. The molecule has 134 valence electrons. The summed E-state index contributed by atoms with van der Waals surface area (Å²) in [5.41, 5.74) is 3.07. The molecule has 2 heterocycles. The minimum atomic E-state index is 0.0847. The number of hydrogen-bond acceptors (Lipinski definition) is 2. The second-order valence-corrected chi connectivity index (χ2v) is 7.19. The van der Waals surface area contributed by atoms with Crippen LogP contribution >= 0.6 is 11.6 Å². The SMILES string of the molecule is COc1ccc2[nH]c(C3CCN(C(=O)c4ccc(Cl)cc4)CC3)cc2c1. The van der Waals surface area contributed by atoms with Gasteiger partial charge in [-0.2, -0.15) is 0 Å². The largest absolute Gasteiger partial charge is 0.497 e. The molecule has 1 aliphatic rings. The number of ether oxygens (including phenoxy) is 1. The summed E-state index contributed by atoms with van der Waals surface area (Å²) < 4.78 is 5.30. The number of rotatable bonds is 3. The molecular formula is C21H21ClN2O2. The third kappa shape index (κ3) is 3.29. The molecule has 2 aromatic carbocycles. The van der Waals surface area contributed by atoms with Gasteiger partial charge in [0.15, 0.2) is 0 Å². The van der Waals surface area contributed by atoms with Crippen LogP contribution in [0, 0.1) is 0 Å². The average molecular weight is 369 g/mol. The zero-order valence-electron chi connectivity index (χ0n) is 14.7. The van der Waals surface area contributed by atoms with E-state index in [9.17, 15) is 4.79 Å². The van der Waals surface area contributed by atoms with Crippen molar-refractivity contribution < 1.29 is 9.53 Å². The fourth-order valence-corrected chi connectivity index (χ4v) is 3.77. The summed E-state index contributed by atoms with van der Waals surface area (Å²) in [7, 11) is 1.68. The number of hydrogen-bond donors (Lipinski definition) is 1. The number of amides is 1. The Hall–Kier alpha value is -2.46. The van der Waals surface area contributed by atoms with Gasteiger partial charge in [0.05, 0.1) is 7.11 Å². The van der Waals surface area contributed by atoms with Crippen LogP contribution in [0.15, 0.2) is 48.5 Å². The molecule has 0 spiro atoms. The van der Waals surface area contributed by atoms with Gasteiger partial charge in [0.2, 0.25) is 0 Å². The van der Waals surface area contributed by atoms with Gasteiger partial charge >= 0.3 is 0 Å². The summed E-state index contributed by atoms with van der Waals surface area (Å²) in [5.74, 6) is 1.40. The molecule has 4 nitrogen and oxygen atoms in total. The van der Waals surface area contributed by atoms with Gasteiger partial charge in [0.25, 0.3) is 5.91 Å². The number of nitrogens with one attached hydrogen (secondary N) is 1. The number of aromatic nitrogens is 1. The van der Waals surface area contributed by atoms with E-state index in [1.807, 2.05) is 11.0 Å². The molecule has 0 atom stereocenters. The van der Waals surface area contributed by atoms with Crippen molar-refractivity contribution in [3.05, 3.63) is 64.8 Å². The Balaban J connectivity index is 1.44. The molecule has 5 heteroatoms. The van der Waals surface area contributed by atoms with Crippen LogP contribution in [-0.2, 0) is 0 Å². The smallest absolute Gasteiger partial charge is 0.253 e. The van der Waals surface area contributed by atoms with Crippen LogP contribution in [0.2, 0.25) is 5.02 Å². The molecule has 26 heavy (non-hydrogen) atoms. The van der Waals surface area contributed by atoms with Crippen LogP contribution in [0.5, 0.6) is 5.75 Å². The van der Waals surface area contributed by atoms with E-state index in [0.29, 0.717) is 16.5 Å². The predicted molar refractivity (Wildman–Crippen MR) is 104 cm³/mol. The first kappa shape index (κ1) is 17.0. The van der Waals surface area contributed by atoms with Gasteiger partial charge in [-0.15, -0.1) is 0 Å². The van der Waals surface area contributed by atoms with Gasteiger partial charge in [-0.3, -0.25) is 4.79 Å². The van der Waals surface area contributed by atoms with Crippen LogP contribution in [0.3, 0.4) is 0 Å². The zero-order valence-corrected chi connectivity index (χ0v) is 15.4. The molecule has 0 aliphatic carbocycles. The van der Waals surface area contributed by atoms with Crippen molar-refractivity contribution in [2.75, 3.05) is 20.2 Å². The maximum Gasteiger partial charge on any atom is 0.253 e. The number of carbonyl (C=O) groups excluding carboxylic acids is 1. The normalized spacial score (nSPS) is 15.4. The van der Waals surface area contributed by atoms with E-state index in [4.69, 9.17) is 16.3 Å². The third-order valence-electron chi connectivity index (χ3n) is 5.16. The topological polar surface area (TPSA) is 45.3 Å². The molecule has 3 aromatic rings. The predicted octanol–water partition coefficient (Wildman–Crippen LogP) is 4.85. The summed E-state index contributed by atoms with van der Waals surface area (Å²) in [6, 6.07) is 15.4. The maximum absolute atomic E-state index is 12.6. The zero-order chi connectivity index (χ0) is 18.1.